The maximum atomic E-state index is 12.6. The molecule has 1 aromatic heterocycles. The number of nitrogens with two attached hydrogens (primary N) is 1. The first kappa shape index (κ1) is 20.5. The molecule has 0 spiro atoms. The van der Waals surface area contributed by atoms with E-state index in [4.69, 9.17) is 5.73 Å². The van der Waals surface area contributed by atoms with Gasteiger partial charge in [-0.15, -0.1) is 0 Å². The quantitative estimate of drug-likeness (QED) is 0.541. The van der Waals surface area contributed by atoms with Crippen molar-refractivity contribution in [1.29, 1.82) is 0 Å². The maximum absolute atomic E-state index is 12.6. The third-order valence-electron chi connectivity index (χ3n) is 4.86. The van der Waals surface area contributed by atoms with Crippen LogP contribution in [0.1, 0.15) is 70.8 Å². The average molecular weight is 358 g/mol. The largest absolute Gasteiger partial charge is 0.337 e. The van der Waals surface area contributed by atoms with Crippen molar-refractivity contribution in [2.45, 2.75) is 77.7 Å². The normalized spacial score (nSPS) is 12.4. The number of unbranched alkanes of at least 4 members (excludes halogenated alkanes) is 7. The first-order chi connectivity index (χ1) is 12.6. The molecule has 0 aliphatic carbocycles. The third kappa shape index (κ3) is 6.17. The van der Waals surface area contributed by atoms with Crippen LogP contribution in [0.5, 0.6) is 0 Å². The van der Waals surface area contributed by atoms with E-state index in [9.17, 15) is 4.79 Å². The van der Waals surface area contributed by atoms with Crippen LogP contribution >= 0.6 is 0 Å². The van der Waals surface area contributed by atoms with Gasteiger partial charge in [0.2, 0.25) is 0 Å². The number of benzene rings is 1. The van der Waals surface area contributed by atoms with Gasteiger partial charge in [0.1, 0.15) is 0 Å². The van der Waals surface area contributed by atoms with E-state index in [-0.39, 0.29) is 12.1 Å². The Labute approximate surface area is 158 Å². The number of fused-ring (bicyclic) bond motifs is 1. The summed E-state index contributed by atoms with van der Waals surface area (Å²) in [6.07, 6.45) is 12.9. The SMILES string of the molecule is CCCCCCCCCCNC(=O)n1cc(C[C@@H](C)N)c2ccccc21. The third-order valence-corrected chi connectivity index (χ3v) is 4.86. The average Bonchev–Trinajstić information content (AvgIpc) is 2.98. The Kier molecular flexibility index (Phi) is 8.69. The van der Waals surface area contributed by atoms with Crippen molar-refractivity contribution >= 4 is 16.9 Å². The van der Waals surface area contributed by atoms with Gasteiger partial charge in [0.05, 0.1) is 5.52 Å². The molecule has 0 fully saturated rings. The van der Waals surface area contributed by atoms with E-state index >= 15 is 0 Å². The zero-order valence-electron chi connectivity index (χ0n) is 16.5. The van der Waals surface area contributed by atoms with Gasteiger partial charge < -0.3 is 11.1 Å². The fourth-order valence-electron chi connectivity index (χ4n) is 3.47. The summed E-state index contributed by atoms with van der Waals surface area (Å²) in [6, 6.07) is 8.08. The monoisotopic (exact) mass is 357 g/mol. The molecule has 4 nitrogen and oxygen atoms in total. The highest BCUT2D eigenvalue weighted by Gasteiger charge is 2.13. The molecule has 0 bridgehead atoms. The van der Waals surface area contributed by atoms with Crippen molar-refractivity contribution in [2.75, 3.05) is 6.54 Å². The zero-order chi connectivity index (χ0) is 18.8. The predicted octanol–water partition coefficient (Wildman–Crippen LogP) is 5.23. The van der Waals surface area contributed by atoms with Gasteiger partial charge >= 0.3 is 6.03 Å². The lowest BCUT2D eigenvalue weighted by Gasteiger charge is -2.07. The molecule has 1 atom stereocenters. The number of hydrogen-bond acceptors (Lipinski definition) is 2. The van der Waals surface area contributed by atoms with E-state index < -0.39 is 0 Å². The van der Waals surface area contributed by atoms with Crippen LogP contribution in [0, 0.1) is 0 Å². The second kappa shape index (κ2) is 11.0. The standard InChI is InChI=1S/C22H35N3O/c1-3-4-5-6-7-8-9-12-15-24-22(26)25-17-19(16-18(2)23)20-13-10-11-14-21(20)25/h10-11,13-14,17-18H,3-9,12,15-16,23H2,1-2H3,(H,24,26)/t18-/m1/s1. The lowest BCUT2D eigenvalue weighted by Crippen LogP contribution is -2.28. The Morgan fingerprint density at radius 1 is 1.08 bits per heavy atom. The molecule has 2 rings (SSSR count). The van der Waals surface area contributed by atoms with Crippen LogP contribution < -0.4 is 11.1 Å². The molecule has 1 amide bonds. The summed E-state index contributed by atoms with van der Waals surface area (Å²) in [7, 11) is 0. The van der Waals surface area contributed by atoms with Gasteiger partial charge in [-0.25, -0.2) is 4.79 Å². The molecule has 1 heterocycles. The van der Waals surface area contributed by atoms with Crippen LogP contribution in [-0.4, -0.2) is 23.2 Å². The first-order valence-electron chi connectivity index (χ1n) is 10.3. The van der Waals surface area contributed by atoms with Crippen LogP contribution in [0.3, 0.4) is 0 Å². The minimum absolute atomic E-state index is 0.0416. The summed E-state index contributed by atoms with van der Waals surface area (Å²) < 4.78 is 1.73. The molecule has 0 saturated heterocycles. The summed E-state index contributed by atoms with van der Waals surface area (Å²) in [4.78, 5) is 12.6. The van der Waals surface area contributed by atoms with Crippen LogP contribution in [0.2, 0.25) is 0 Å². The highest BCUT2D eigenvalue weighted by Crippen LogP contribution is 2.22. The molecule has 2 aromatic rings. The number of nitrogens with one attached hydrogen (secondary N) is 1. The van der Waals surface area contributed by atoms with Gasteiger partial charge in [-0.05, 0) is 31.4 Å². The highest BCUT2D eigenvalue weighted by atomic mass is 16.2. The van der Waals surface area contributed by atoms with E-state index in [0.29, 0.717) is 0 Å². The van der Waals surface area contributed by atoms with Gasteiger partial charge in [0.25, 0.3) is 0 Å². The fourth-order valence-corrected chi connectivity index (χ4v) is 3.47. The van der Waals surface area contributed by atoms with E-state index in [1.165, 1.54) is 44.9 Å². The van der Waals surface area contributed by atoms with Crippen molar-refractivity contribution in [3.8, 4) is 0 Å². The number of nitrogens with zero attached hydrogens (tertiary/aromatic N) is 1. The second-order valence-electron chi connectivity index (χ2n) is 7.43. The Hall–Kier alpha value is -1.81. The van der Waals surface area contributed by atoms with Crippen molar-refractivity contribution in [1.82, 2.24) is 9.88 Å². The molecule has 0 saturated carbocycles. The van der Waals surface area contributed by atoms with Gasteiger partial charge in [-0.1, -0.05) is 70.1 Å². The van der Waals surface area contributed by atoms with Gasteiger partial charge in [-0.2, -0.15) is 0 Å². The second-order valence-corrected chi connectivity index (χ2v) is 7.43. The lowest BCUT2D eigenvalue weighted by molar-refractivity contribution is 0.243. The highest BCUT2D eigenvalue weighted by molar-refractivity contribution is 5.93. The van der Waals surface area contributed by atoms with Crippen LogP contribution in [0.4, 0.5) is 4.79 Å². The molecule has 3 N–H and O–H groups in total. The number of hydrogen-bond donors (Lipinski definition) is 2. The molecule has 144 valence electrons. The molecular weight excluding hydrogens is 322 g/mol. The van der Waals surface area contributed by atoms with Crippen LogP contribution in [-0.2, 0) is 6.42 Å². The number of amides is 1. The predicted molar refractivity (Wildman–Crippen MR) is 111 cm³/mol. The number of rotatable bonds is 11. The van der Waals surface area contributed by atoms with Crippen LogP contribution in [0.15, 0.2) is 30.5 Å². The summed E-state index contributed by atoms with van der Waals surface area (Å²) in [6.45, 7) is 4.98. The molecule has 0 unspecified atom stereocenters. The Morgan fingerprint density at radius 3 is 2.42 bits per heavy atom. The Balaban J connectivity index is 1.80. The van der Waals surface area contributed by atoms with E-state index in [0.717, 1.165) is 35.9 Å². The van der Waals surface area contributed by atoms with Crippen molar-refractivity contribution in [3.05, 3.63) is 36.0 Å². The van der Waals surface area contributed by atoms with Gasteiger partial charge in [0.15, 0.2) is 0 Å². The number of aromatic nitrogens is 1. The summed E-state index contributed by atoms with van der Waals surface area (Å²) in [5, 5.41) is 4.18. The minimum atomic E-state index is -0.0416. The summed E-state index contributed by atoms with van der Waals surface area (Å²) in [5.74, 6) is 0. The van der Waals surface area contributed by atoms with Gasteiger partial charge in [-0.3, -0.25) is 4.57 Å². The maximum Gasteiger partial charge on any atom is 0.326 e. The molecule has 0 aliphatic heterocycles. The van der Waals surface area contributed by atoms with Gasteiger partial charge in [0, 0.05) is 24.2 Å². The molecule has 0 radical (unpaired) electrons. The molecular formula is C22H35N3O. The molecule has 1 aromatic carbocycles. The zero-order valence-corrected chi connectivity index (χ0v) is 16.5. The van der Waals surface area contributed by atoms with Crippen LogP contribution in [0.25, 0.3) is 10.9 Å². The van der Waals surface area contributed by atoms with Crippen molar-refractivity contribution < 1.29 is 4.79 Å². The Morgan fingerprint density at radius 2 is 1.73 bits per heavy atom. The number of carbonyl (C=O) groups excluding carboxylic acids is 1. The van der Waals surface area contributed by atoms with E-state index in [1.54, 1.807) is 4.57 Å². The summed E-state index contributed by atoms with van der Waals surface area (Å²) in [5.41, 5.74) is 8.05. The summed E-state index contributed by atoms with van der Waals surface area (Å²) >= 11 is 0. The molecule has 0 aliphatic rings. The minimum Gasteiger partial charge on any atom is -0.337 e. The van der Waals surface area contributed by atoms with E-state index in [1.807, 2.05) is 31.3 Å². The van der Waals surface area contributed by atoms with E-state index in [2.05, 4.69) is 18.3 Å². The molecule has 4 heteroatoms. The topological polar surface area (TPSA) is 60.0 Å². The molecule has 26 heavy (non-hydrogen) atoms. The smallest absolute Gasteiger partial charge is 0.326 e. The van der Waals surface area contributed by atoms with Crippen molar-refractivity contribution in [3.63, 3.8) is 0 Å². The Bertz CT molecular complexity index is 675. The lowest BCUT2D eigenvalue weighted by atomic mass is 10.1. The number of carbonyl (C=O) groups is 1. The number of para-hydroxylation sites is 1. The first-order valence-corrected chi connectivity index (χ1v) is 10.3. The fraction of sp³-hybridized carbons (Fsp3) is 0.591. The van der Waals surface area contributed by atoms with Crippen molar-refractivity contribution in [2.24, 2.45) is 5.73 Å².